The zero-order valence-corrected chi connectivity index (χ0v) is 20.5. The molecule has 0 radical (unpaired) electrons. The number of hydrogen-bond acceptors (Lipinski definition) is 6. The van der Waals surface area contributed by atoms with E-state index in [1.165, 1.54) is 5.01 Å². The van der Waals surface area contributed by atoms with Crippen molar-refractivity contribution in [3.8, 4) is 0 Å². The number of carbonyl (C=O) groups is 4. The average molecular weight is 512 g/mol. The number of thiophene rings is 1. The third-order valence-corrected chi connectivity index (χ3v) is 6.38. The molecule has 5 amide bonds. The number of urea groups is 1. The maximum atomic E-state index is 13.2. The highest BCUT2D eigenvalue weighted by molar-refractivity contribution is 7.18. The van der Waals surface area contributed by atoms with Crippen molar-refractivity contribution in [3.63, 3.8) is 0 Å². The van der Waals surface area contributed by atoms with Crippen molar-refractivity contribution in [2.75, 3.05) is 19.4 Å². The summed E-state index contributed by atoms with van der Waals surface area (Å²) in [6, 6.07) is 14.9. The van der Waals surface area contributed by atoms with E-state index in [2.05, 4.69) is 16.1 Å². The van der Waals surface area contributed by atoms with Crippen LogP contribution >= 0.6 is 22.9 Å². The number of nitrogens with one attached hydrogen (secondary N) is 3. The summed E-state index contributed by atoms with van der Waals surface area (Å²) in [6.07, 6.45) is 0. The van der Waals surface area contributed by atoms with E-state index in [0.29, 0.717) is 9.21 Å². The number of hydrogen-bond donors (Lipinski definition) is 3. The van der Waals surface area contributed by atoms with Crippen molar-refractivity contribution in [1.29, 1.82) is 0 Å². The summed E-state index contributed by atoms with van der Waals surface area (Å²) in [4.78, 5) is 52.2. The summed E-state index contributed by atoms with van der Waals surface area (Å²) >= 11 is 7.03. The Hall–Kier alpha value is -3.73. The number of carbonyl (C=O) groups excluding carboxylic acids is 4. The molecule has 1 aliphatic rings. The quantitative estimate of drug-likeness (QED) is 0.331. The number of halogens is 1. The first kappa shape index (κ1) is 24.4. The van der Waals surface area contributed by atoms with Gasteiger partial charge in [-0.05, 0) is 35.4 Å². The van der Waals surface area contributed by atoms with Gasteiger partial charge in [0.2, 0.25) is 0 Å². The summed E-state index contributed by atoms with van der Waals surface area (Å²) in [7, 11) is 3.41. The molecule has 2 aromatic carbocycles. The first-order chi connectivity index (χ1) is 16.7. The third kappa shape index (κ3) is 5.51. The van der Waals surface area contributed by atoms with Crippen molar-refractivity contribution in [2.24, 2.45) is 0 Å². The first-order valence-electron chi connectivity index (χ1n) is 10.6. The van der Waals surface area contributed by atoms with Gasteiger partial charge in [-0.25, -0.2) is 9.80 Å². The SMILES string of the molecule is CN(C)NC(=O)NCc1cccc(CN2C(=O)c3cccc(NC(=O)c4ccc(Cl)s4)c3C2=O)c1. The molecule has 11 heteroatoms. The molecule has 0 aliphatic carbocycles. The number of hydrazine groups is 1. The topological polar surface area (TPSA) is 111 Å². The van der Waals surface area contributed by atoms with Gasteiger partial charge in [-0.3, -0.25) is 24.7 Å². The molecule has 1 aromatic heterocycles. The maximum absolute atomic E-state index is 13.2. The van der Waals surface area contributed by atoms with Crippen LogP contribution in [-0.4, -0.2) is 47.8 Å². The molecule has 1 aliphatic heterocycles. The van der Waals surface area contributed by atoms with Crippen LogP contribution in [0.4, 0.5) is 10.5 Å². The Labute approximate surface area is 210 Å². The number of benzene rings is 2. The highest BCUT2D eigenvalue weighted by Gasteiger charge is 2.37. The molecule has 3 aromatic rings. The number of imide groups is 1. The van der Waals surface area contributed by atoms with Crippen LogP contribution in [-0.2, 0) is 13.1 Å². The molecule has 0 saturated carbocycles. The molecule has 2 heterocycles. The van der Waals surface area contributed by atoms with Crippen LogP contribution in [0.1, 0.15) is 41.5 Å². The molecule has 0 saturated heterocycles. The lowest BCUT2D eigenvalue weighted by atomic mass is 10.1. The molecule has 35 heavy (non-hydrogen) atoms. The molecule has 0 atom stereocenters. The molecule has 0 unspecified atom stereocenters. The van der Waals surface area contributed by atoms with E-state index in [9.17, 15) is 19.2 Å². The van der Waals surface area contributed by atoms with Crippen LogP contribution < -0.4 is 16.1 Å². The summed E-state index contributed by atoms with van der Waals surface area (Å²) in [5, 5.41) is 6.99. The van der Waals surface area contributed by atoms with Crippen LogP contribution in [0.5, 0.6) is 0 Å². The van der Waals surface area contributed by atoms with E-state index in [0.717, 1.165) is 27.4 Å². The Morgan fingerprint density at radius 2 is 1.74 bits per heavy atom. The lowest BCUT2D eigenvalue weighted by Crippen LogP contribution is -2.42. The van der Waals surface area contributed by atoms with Gasteiger partial charge in [-0.2, -0.15) is 0 Å². The fourth-order valence-electron chi connectivity index (χ4n) is 3.65. The lowest BCUT2D eigenvalue weighted by Gasteiger charge is -2.16. The smallest absolute Gasteiger partial charge is 0.329 e. The minimum atomic E-state index is -0.487. The summed E-state index contributed by atoms with van der Waals surface area (Å²) in [6.45, 7) is 0.330. The van der Waals surface area contributed by atoms with Gasteiger partial charge in [0.1, 0.15) is 0 Å². The van der Waals surface area contributed by atoms with Gasteiger partial charge in [0.05, 0.1) is 32.6 Å². The predicted octanol–water partition coefficient (Wildman–Crippen LogP) is 3.73. The van der Waals surface area contributed by atoms with Crippen molar-refractivity contribution in [3.05, 3.63) is 86.1 Å². The summed E-state index contributed by atoms with van der Waals surface area (Å²) in [5.74, 6) is -1.33. The second kappa shape index (κ2) is 10.3. The highest BCUT2D eigenvalue weighted by atomic mass is 35.5. The highest BCUT2D eigenvalue weighted by Crippen LogP contribution is 2.31. The van der Waals surface area contributed by atoms with E-state index in [1.54, 1.807) is 56.6 Å². The molecule has 0 bridgehead atoms. The van der Waals surface area contributed by atoms with Crippen LogP contribution in [0.2, 0.25) is 4.34 Å². The molecular weight excluding hydrogens is 490 g/mol. The Kier molecular flexibility index (Phi) is 7.15. The van der Waals surface area contributed by atoms with E-state index in [4.69, 9.17) is 11.6 Å². The van der Waals surface area contributed by atoms with Crippen LogP contribution in [0.25, 0.3) is 0 Å². The Morgan fingerprint density at radius 1 is 1.00 bits per heavy atom. The van der Waals surface area contributed by atoms with Gasteiger partial charge in [0.25, 0.3) is 17.7 Å². The second-order valence-electron chi connectivity index (χ2n) is 7.99. The van der Waals surface area contributed by atoms with Crippen molar-refractivity contribution in [1.82, 2.24) is 20.7 Å². The average Bonchev–Trinajstić information content (AvgIpc) is 3.35. The van der Waals surface area contributed by atoms with Crippen LogP contribution in [0.3, 0.4) is 0 Å². The van der Waals surface area contributed by atoms with Crippen molar-refractivity contribution in [2.45, 2.75) is 13.1 Å². The van der Waals surface area contributed by atoms with Crippen LogP contribution in [0.15, 0.2) is 54.6 Å². The number of amides is 5. The minimum absolute atomic E-state index is 0.0536. The maximum Gasteiger partial charge on any atom is 0.329 e. The third-order valence-electron chi connectivity index (χ3n) is 5.15. The Bertz CT molecular complexity index is 1320. The summed E-state index contributed by atoms with van der Waals surface area (Å²) in [5.41, 5.74) is 4.79. The number of fused-ring (bicyclic) bond motifs is 1. The molecule has 3 N–H and O–H groups in total. The normalized spacial score (nSPS) is 12.6. The van der Waals surface area contributed by atoms with Gasteiger partial charge < -0.3 is 10.6 Å². The molecule has 0 spiro atoms. The minimum Gasteiger partial charge on any atom is -0.333 e. The molecule has 180 valence electrons. The van der Waals surface area contributed by atoms with Gasteiger partial charge in [-0.15, -0.1) is 11.3 Å². The number of rotatable bonds is 7. The standard InChI is InChI=1S/C24H22ClN5O4S/c1-29(2)28-24(34)26-12-14-5-3-6-15(11-14)13-30-22(32)16-7-4-8-17(20(16)23(30)33)27-21(31)18-9-10-19(25)35-18/h3-11H,12-13H2,1-2H3,(H,27,31)(H2,26,28,34). The molecular formula is C24H22ClN5O4S. The summed E-state index contributed by atoms with van der Waals surface area (Å²) < 4.78 is 0.474. The zero-order chi connectivity index (χ0) is 25.1. The zero-order valence-electron chi connectivity index (χ0n) is 18.9. The van der Waals surface area contributed by atoms with Crippen molar-refractivity contribution < 1.29 is 19.2 Å². The number of anilines is 1. The lowest BCUT2D eigenvalue weighted by molar-refractivity contribution is 0.0642. The Balaban J connectivity index is 1.49. The molecule has 4 rings (SSSR count). The Morgan fingerprint density at radius 3 is 2.46 bits per heavy atom. The predicted molar refractivity (Wildman–Crippen MR) is 133 cm³/mol. The second-order valence-corrected chi connectivity index (χ2v) is 9.71. The molecule has 9 nitrogen and oxygen atoms in total. The van der Waals surface area contributed by atoms with Crippen molar-refractivity contribution >= 4 is 52.4 Å². The monoisotopic (exact) mass is 511 g/mol. The van der Waals surface area contributed by atoms with Gasteiger partial charge >= 0.3 is 6.03 Å². The van der Waals surface area contributed by atoms with E-state index in [1.807, 2.05) is 12.1 Å². The van der Waals surface area contributed by atoms with E-state index in [-0.39, 0.29) is 35.9 Å². The van der Waals surface area contributed by atoms with Crippen LogP contribution in [0, 0.1) is 0 Å². The van der Waals surface area contributed by atoms with Gasteiger partial charge in [0.15, 0.2) is 0 Å². The first-order valence-corrected chi connectivity index (χ1v) is 11.8. The van der Waals surface area contributed by atoms with Gasteiger partial charge in [0, 0.05) is 20.6 Å². The largest absolute Gasteiger partial charge is 0.333 e. The van der Waals surface area contributed by atoms with Gasteiger partial charge in [-0.1, -0.05) is 41.9 Å². The fourth-order valence-corrected chi connectivity index (χ4v) is 4.59. The van der Waals surface area contributed by atoms with E-state index < -0.39 is 17.7 Å². The van der Waals surface area contributed by atoms with E-state index >= 15 is 0 Å². The number of nitrogens with zero attached hydrogens (tertiary/aromatic N) is 2. The fraction of sp³-hybridized carbons (Fsp3) is 0.167. The molecule has 0 fully saturated rings.